The van der Waals surface area contributed by atoms with Crippen molar-refractivity contribution < 1.29 is 4.74 Å². The predicted molar refractivity (Wildman–Crippen MR) is 90.7 cm³/mol. The van der Waals surface area contributed by atoms with Crippen LogP contribution >= 0.6 is 0 Å². The van der Waals surface area contributed by atoms with E-state index in [0.29, 0.717) is 5.92 Å². The van der Waals surface area contributed by atoms with Gasteiger partial charge in [-0.15, -0.1) is 0 Å². The topological polar surface area (TPSA) is 38.5 Å². The van der Waals surface area contributed by atoms with Gasteiger partial charge in [0.05, 0.1) is 7.11 Å². The first kappa shape index (κ1) is 18.0. The van der Waals surface area contributed by atoms with E-state index in [4.69, 9.17) is 10.5 Å². The maximum atomic E-state index is 6.45. The Balaban J connectivity index is 3.07. The molecule has 0 aliphatic heterocycles. The number of nitrogens with zero attached hydrogens (tertiary/aromatic N) is 1. The Morgan fingerprint density at radius 1 is 1.19 bits per heavy atom. The van der Waals surface area contributed by atoms with Crippen molar-refractivity contribution in [3.05, 3.63) is 29.8 Å². The molecular weight excluding hydrogens is 260 g/mol. The number of methoxy groups -OCH3 is 1. The molecule has 0 bridgehead atoms. The van der Waals surface area contributed by atoms with Gasteiger partial charge in [0.1, 0.15) is 5.75 Å². The normalized spacial score (nSPS) is 15.8. The molecule has 21 heavy (non-hydrogen) atoms. The standard InChI is InChI=1S/C18H32N2O/c1-6-14(4)13-20(8-3)18(17(19)7-2)15-10-9-11-16(12-15)21-5/h9-12,14,17-18H,6-8,13,19H2,1-5H3. The van der Waals surface area contributed by atoms with Gasteiger partial charge in [-0.25, -0.2) is 0 Å². The Morgan fingerprint density at radius 2 is 1.90 bits per heavy atom. The highest BCUT2D eigenvalue weighted by Gasteiger charge is 2.25. The van der Waals surface area contributed by atoms with Crippen LogP contribution in [0.1, 0.15) is 52.1 Å². The van der Waals surface area contributed by atoms with Crippen molar-refractivity contribution in [3.63, 3.8) is 0 Å². The summed E-state index contributed by atoms with van der Waals surface area (Å²) in [4.78, 5) is 2.51. The van der Waals surface area contributed by atoms with Crippen LogP contribution in [0.4, 0.5) is 0 Å². The average molecular weight is 292 g/mol. The first-order valence-corrected chi connectivity index (χ1v) is 8.20. The second kappa shape index (κ2) is 9.06. The minimum atomic E-state index is 0.140. The van der Waals surface area contributed by atoms with Gasteiger partial charge in [0, 0.05) is 18.6 Å². The van der Waals surface area contributed by atoms with Gasteiger partial charge < -0.3 is 10.5 Å². The number of benzene rings is 1. The van der Waals surface area contributed by atoms with Crippen LogP contribution in [0.5, 0.6) is 5.75 Å². The Hall–Kier alpha value is -1.06. The molecule has 120 valence electrons. The summed E-state index contributed by atoms with van der Waals surface area (Å²) in [6, 6.07) is 8.73. The molecule has 0 spiro atoms. The molecule has 0 radical (unpaired) electrons. The van der Waals surface area contributed by atoms with Gasteiger partial charge in [0.15, 0.2) is 0 Å². The quantitative estimate of drug-likeness (QED) is 0.751. The highest BCUT2D eigenvalue weighted by molar-refractivity contribution is 5.31. The van der Waals surface area contributed by atoms with Crippen LogP contribution in [0, 0.1) is 5.92 Å². The molecule has 3 unspecified atom stereocenters. The minimum absolute atomic E-state index is 0.140. The number of likely N-dealkylation sites (N-methyl/N-ethyl adjacent to an activating group) is 1. The molecule has 1 rings (SSSR count). The number of ether oxygens (including phenoxy) is 1. The Kier molecular flexibility index (Phi) is 7.76. The van der Waals surface area contributed by atoms with E-state index in [1.54, 1.807) is 7.11 Å². The van der Waals surface area contributed by atoms with Crippen molar-refractivity contribution in [2.45, 2.75) is 52.6 Å². The van der Waals surface area contributed by atoms with E-state index >= 15 is 0 Å². The van der Waals surface area contributed by atoms with Gasteiger partial charge >= 0.3 is 0 Å². The van der Waals surface area contributed by atoms with Gasteiger partial charge in [0.25, 0.3) is 0 Å². The van der Waals surface area contributed by atoms with Crippen molar-refractivity contribution in [3.8, 4) is 5.75 Å². The molecule has 0 aliphatic carbocycles. The summed E-state index contributed by atoms with van der Waals surface area (Å²) in [7, 11) is 1.71. The van der Waals surface area contributed by atoms with E-state index in [1.165, 1.54) is 12.0 Å². The second-order valence-electron chi connectivity index (χ2n) is 5.89. The SMILES string of the molecule is CCC(C)CN(CC)C(c1cccc(OC)c1)C(N)CC. The minimum Gasteiger partial charge on any atom is -0.497 e. The molecule has 2 N–H and O–H groups in total. The molecule has 0 saturated heterocycles. The van der Waals surface area contributed by atoms with Crippen LogP contribution in [-0.2, 0) is 0 Å². The van der Waals surface area contributed by atoms with Crippen molar-refractivity contribution in [1.29, 1.82) is 0 Å². The molecule has 0 fully saturated rings. The summed E-state index contributed by atoms with van der Waals surface area (Å²) in [5, 5.41) is 0. The van der Waals surface area contributed by atoms with Crippen LogP contribution in [0.3, 0.4) is 0 Å². The molecule has 0 amide bonds. The first-order valence-electron chi connectivity index (χ1n) is 8.20. The van der Waals surface area contributed by atoms with E-state index in [-0.39, 0.29) is 12.1 Å². The monoisotopic (exact) mass is 292 g/mol. The van der Waals surface area contributed by atoms with Gasteiger partial charge in [-0.05, 0) is 36.6 Å². The van der Waals surface area contributed by atoms with Crippen LogP contribution in [0.25, 0.3) is 0 Å². The number of nitrogens with two attached hydrogens (primary N) is 1. The number of rotatable bonds is 9. The molecule has 0 aromatic heterocycles. The fraction of sp³-hybridized carbons (Fsp3) is 0.667. The second-order valence-corrected chi connectivity index (χ2v) is 5.89. The Labute approximate surface area is 130 Å². The van der Waals surface area contributed by atoms with Crippen molar-refractivity contribution >= 4 is 0 Å². The van der Waals surface area contributed by atoms with Crippen LogP contribution in [0.2, 0.25) is 0 Å². The third-order valence-corrected chi connectivity index (χ3v) is 4.35. The molecule has 3 heteroatoms. The van der Waals surface area contributed by atoms with E-state index in [1.807, 2.05) is 6.07 Å². The Morgan fingerprint density at radius 3 is 2.43 bits per heavy atom. The molecule has 0 aliphatic rings. The molecule has 1 aromatic carbocycles. The van der Waals surface area contributed by atoms with E-state index < -0.39 is 0 Å². The number of hydrogen-bond acceptors (Lipinski definition) is 3. The van der Waals surface area contributed by atoms with Gasteiger partial charge in [-0.1, -0.05) is 46.2 Å². The summed E-state index contributed by atoms with van der Waals surface area (Å²) in [5.41, 5.74) is 7.71. The lowest BCUT2D eigenvalue weighted by molar-refractivity contribution is 0.153. The molecule has 3 atom stereocenters. The fourth-order valence-corrected chi connectivity index (χ4v) is 2.75. The Bertz CT molecular complexity index is 408. The molecule has 0 saturated carbocycles. The van der Waals surface area contributed by atoms with E-state index in [2.05, 4.69) is 50.8 Å². The zero-order chi connectivity index (χ0) is 15.8. The summed E-state index contributed by atoms with van der Waals surface area (Å²) >= 11 is 0. The molecule has 1 aromatic rings. The van der Waals surface area contributed by atoms with E-state index in [0.717, 1.165) is 25.3 Å². The van der Waals surface area contributed by atoms with Crippen molar-refractivity contribution in [2.75, 3.05) is 20.2 Å². The van der Waals surface area contributed by atoms with Crippen molar-refractivity contribution in [2.24, 2.45) is 11.7 Å². The zero-order valence-corrected chi connectivity index (χ0v) is 14.3. The highest BCUT2D eigenvalue weighted by atomic mass is 16.5. The fourth-order valence-electron chi connectivity index (χ4n) is 2.75. The summed E-state index contributed by atoms with van der Waals surface area (Å²) in [6.07, 6.45) is 2.17. The first-order chi connectivity index (χ1) is 10.1. The maximum absolute atomic E-state index is 6.45. The van der Waals surface area contributed by atoms with Gasteiger partial charge in [-0.3, -0.25) is 4.90 Å². The largest absolute Gasteiger partial charge is 0.497 e. The van der Waals surface area contributed by atoms with Gasteiger partial charge in [-0.2, -0.15) is 0 Å². The lowest BCUT2D eigenvalue weighted by atomic mass is 9.94. The van der Waals surface area contributed by atoms with Crippen LogP contribution < -0.4 is 10.5 Å². The predicted octanol–water partition coefficient (Wildman–Crippen LogP) is 3.84. The highest BCUT2D eigenvalue weighted by Crippen LogP contribution is 2.28. The summed E-state index contributed by atoms with van der Waals surface area (Å²) in [5.74, 6) is 1.59. The summed E-state index contributed by atoms with van der Waals surface area (Å²) in [6.45, 7) is 11.0. The van der Waals surface area contributed by atoms with E-state index in [9.17, 15) is 0 Å². The van der Waals surface area contributed by atoms with Crippen LogP contribution in [-0.4, -0.2) is 31.1 Å². The third kappa shape index (κ3) is 5.01. The maximum Gasteiger partial charge on any atom is 0.119 e. The van der Waals surface area contributed by atoms with Crippen LogP contribution in [0.15, 0.2) is 24.3 Å². The lowest BCUT2D eigenvalue weighted by Gasteiger charge is -2.36. The van der Waals surface area contributed by atoms with Gasteiger partial charge in [0.2, 0.25) is 0 Å². The smallest absolute Gasteiger partial charge is 0.119 e. The molecule has 0 heterocycles. The lowest BCUT2D eigenvalue weighted by Crippen LogP contribution is -2.42. The third-order valence-electron chi connectivity index (χ3n) is 4.35. The molecular formula is C18H32N2O. The average Bonchev–Trinajstić information content (AvgIpc) is 2.53. The zero-order valence-electron chi connectivity index (χ0n) is 14.3. The summed E-state index contributed by atoms with van der Waals surface area (Å²) < 4.78 is 5.37. The molecule has 3 nitrogen and oxygen atoms in total. The van der Waals surface area contributed by atoms with Crippen molar-refractivity contribution in [1.82, 2.24) is 4.90 Å². The number of hydrogen-bond donors (Lipinski definition) is 1.